The molecule has 0 nitrogen and oxygen atoms in total. The second-order valence-electron chi connectivity index (χ2n) is 4.60. The maximum absolute atomic E-state index is 12.3. The molecule has 0 N–H and O–H groups in total. The Balaban J connectivity index is 4.42. The summed E-state index contributed by atoms with van der Waals surface area (Å²) in [5, 5.41) is -0.370. The van der Waals surface area contributed by atoms with Crippen molar-refractivity contribution in [1.29, 1.82) is 0 Å². The minimum Gasteiger partial charge on any atom is -0.168 e. The molecule has 16 heavy (non-hydrogen) atoms. The lowest BCUT2D eigenvalue weighted by Gasteiger charge is -2.23. The van der Waals surface area contributed by atoms with Crippen molar-refractivity contribution in [1.82, 2.24) is 0 Å². The molecular weight excluding hydrogens is 283 g/mol. The first kappa shape index (κ1) is 16.4. The summed E-state index contributed by atoms with van der Waals surface area (Å²) in [6.07, 6.45) is -2.42. The highest BCUT2D eigenvalue weighted by molar-refractivity contribution is 6.49. The molecule has 0 fully saturated rings. The summed E-state index contributed by atoms with van der Waals surface area (Å²) in [5.41, 5.74) is -0.225. The number of halogens is 6. The Morgan fingerprint density at radius 3 is 1.88 bits per heavy atom. The molecule has 0 spiro atoms. The van der Waals surface area contributed by atoms with E-state index in [-0.39, 0.29) is 10.8 Å². The highest BCUT2D eigenvalue weighted by Crippen LogP contribution is 2.42. The van der Waals surface area contributed by atoms with Crippen LogP contribution in [0, 0.1) is 5.41 Å². The lowest BCUT2D eigenvalue weighted by Crippen LogP contribution is -2.33. The largest absolute Gasteiger partial charge is 0.421 e. The van der Waals surface area contributed by atoms with Crippen LogP contribution in [0.5, 0.6) is 0 Å². The third-order valence-electron chi connectivity index (χ3n) is 1.92. The Hall–Kier alpha value is 0.400. The van der Waals surface area contributed by atoms with Gasteiger partial charge in [-0.3, -0.25) is 0 Å². The van der Waals surface area contributed by atoms with E-state index in [1.807, 2.05) is 20.8 Å². The molecule has 0 heterocycles. The van der Waals surface area contributed by atoms with E-state index in [0.29, 0.717) is 0 Å². The minimum atomic E-state index is -4.65. The van der Waals surface area contributed by atoms with Crippen molar-refractivity contribution >= 4 is 34.8 Å². The van der Waals surface area contributed by atoms with Gasteiger partial charge in [0.15, 0.2) is 0 Å². The molecule has 0 aromatic carbocycles. The van der Waals surface area contributed by atoms with Gasteiger partial charge < -0.3 is 0 Å². The van der Waals surface area contributed by atoms with Gasteiger partial charge in [-0.1, -0.05) is 56.1 Å². The number of allylic oxidation sites excluding steroid dienone is 2. The van der Waals surface area contributed by atoms with Gasteiger partial charge >= 0.3 is 6.18 Å². The van der Waals surface area contributed by atoms with Crippen molar-refractivity contribution in [2.75, 3.05) is 0 Å². The predicted octanol–water partition coefficient (Wildman–Crippen LogP) is 5.32. The molecule has 0 aliphatic rings. The summed E-state index contributed by atoms with van der Waals surface area (Å²) in [6.45, 7) is 5.65. The van der Waals surface area contributed by atoms with Crippen LogP contribution in [0.25, 0.3) is 0 Å². The number of hydrogen-bond acceptors (Lipinski definition) is 0. The molecule has 0 saturated carbocycles. The normalized spacial score (nSPS) is 16.8. The lowest BCUT2D eigenvalue weighted by molar-refractivity contribution is -0.140. The van der Waals surface area contributed by atoms with E-state index >= 15 is 0 Å². The molecule has 0 aromatic heterocycles. The van der Waals surface area contributed by atoms with Crippen molar-refractivity contribution in [3.8, 4) is 0 Å². The van der Waals surface area contributed by atoms with Crippen LogP contribution in [-0.2, 0) is 0 Å². The molecule has 0 radical (unpaired) electrons. The van der Waals surface area contributed by atoms with Crippen molar-refractivity contribution in [2.24, 2.45) is 5.41 Å². The summed E-state index contributed by atoms with van der Waals surface area (Å²) in [5.74, 6) is 0. The van der Waals surface area contributed by atoms with Crippen LogP contribution < -0.4 is 0 Å². The Morgan fingerprint density at radius 2 is 1.56 bits per heavy atom. The topological polar surface area (TPSA) is 0 Å². The van der Waals surface area contributed by atoms with Crippen LogP contribution >= 0.6 is 34.8 Å². The fraction of sp³-hybridized carbons (Fsp3) is 0.800. The van der Waals surface area contributed by atoms with Gasteiger partial charge in [-0.25, -0.2) is 0 Å². The summed E-state index contributed by atoms with van der Waals surface area (Å²) < 4.78 is 34.0. The zero-order valence-corrected chi connectivity index (χ0v) is 11.5. The van der Waals surface area contributed by atoms with Gasteiger partial charge in [0.25, 0.3) is 0 Å². The first-order chi connectivity index (χ1) is 6.88. The zero-order chi connectivity index (χ0) is 13.2. The van der Waals surface area contributed by atoms with Crippen LogP contribution in [-0.4, -0.2) is 15.9 Å². The Morgan fingerprint density at radius 1 is 1.12 bits per heavy atom. The second-order valence-corrected chi connectivity index (χ2v) is 6.56. The van der Waals surface area contributed by atoms with Gasteiger partial charge in [0.1, 0.15) is 0 Å². The predicted molar refractivity (Wildman–Crippen MR) is 63.3 cm³/mol. The third-order valence-corrected chi connectivity index (χ3v) is 3.46. The second kappa shape index (κ2) is 5.36. The smallest absolute Gasteiger partial charge is 0.168 e. The summed E-state index contributed by atoms with van der Waals surface area (Å²) >= 11 is 16.3. The summed E-state index contributed by atoms with van der Waals surface area (Å²) in [7, 11) is 0. The minimum absolute atomic E-state index is 0.225. The first-order valence-electron chi connectivity index (χ1n) is 4.63. The van der Waals surface area contributed by atoms with Crippen LogP contribution in [0.1, 0.15) is 27.2 Å². The third kappa shape index (κ3) is 5.15. The van der Waals surface area contributed by atoms with Crippen LogP contribution in [0.2, 0.25) is 0 Å². The van der Waals surface area contributed by atoms with E-state index in [1.165, 1.54) is 12.2 Å². The average molecular weight is 298 g/mol. The zero-order valence-electron chi connectivity index (χ0n) is 9.21. The van der Waals surface area contributed by atoms with Crippen molar-refractivity contribution < 1.29 is 13.2 Å². The number of hydrogen-bond donors (Lipinski definition) is 0. The molecule has 0 rings (SSSR count). The molecule has 0 aliphatic heterocycles. The van der Waals surface area contributed by atoms with Crippen LogP contribution in [0.3, 0.4) is 0 Å². The first-order valence-corrected chi connectivity index (χ1v) is 5.82. The highest BCUT2D eigenvalue weighted by Gasteiger charge is 2.51. The van der Waals surface area contributed by atoms with E-state index < -0.39 is 16.9 Å². The van der Waals surface area contributed by atoms with Gasteiger partial charge in [-0.05, 0) is 5.41 Å². The number of rotatable bonds is 3. The maximum atomic E-state index is 12.3. The van der Waals surface area contributed by atoms with Crippen molar-refractivity contribution in [3.63, 3.8) is 0 Å². The van der Waals surface area contributed by atoms with Crippen LogP contribution in [0.15, 0.2) is 12.2 Å². The van der Waals surface area contributed by atoms with E-state index in [9.17, 15) is 13.2 Å². The quantitative estimate of drug-likeness (QED) is 0.488. The Labute approximate surface area is 109 Å². The van der Waals surface area contributed by atoms with Crippen LogP contribution in [0.4, 0.5) is 13.2 Å². The van der Waals surface area contributed by atoms with Gasteiger partial charge in [0.2, 0.25) is 4.33 Å². The molecule has 0 bridgehead atoms. The van der Waals surface area contributed by atoms with Crippen molar-refractivity contribution in [3.05, 3.63) is 12.2 Å². The van der Waals surface area contributed by atoms with Gasteiger partial charge in [-0.15, -0.1) is 11.6 Å². The molecule has 0 saturated heterocycles. The van der Waals surface area contributed by atoms with E-state index in [1.54, 1.807) is 0 Å². The van der Waals surface area contributed by atoms with E-state index in [4.69, 9.17) is 34.8 Å². The molecule has 0 aliphatic carbocycles. The van der Waals surface area contributed by atoms with Crippen molar-refractivity contribution in [2.45, 2.75) is 43.1 Å². The molecule has 96 valence electrons. The molecule has 0 aromatic rings. The van der Waals surface area contributed by atoms with Gasteiger partial charge in [-0.2, -0.15) is 13.2 Å². The summed E-state index contributed by atoms with van der Waals surface area (Å²) in [4.78, 5) is 0. The van der Waals surface area contributed by atoms with Gasteiger partial charge in [0.05, 0.1) is 5.38 Å². The fourth-order valence-corrected chi connectivity index (χ4v) is 1.02. The molecule has 1 unspecified atom stereocenters. The molecular formula is C10H14Cl3F3. The average Bonchev–Trinajstić information content (AvgIpc) is 1.99. The molecule has 6 heteroatoms. The highest BCUT2D eigenvalue weighted by atomic mass is 35.5. The van der Waals surface area contributed by atoms with Gasteiger partial charge in [0, 0.05) is 6.42 Å². The standard InChI is InChI=1S/C10H14Cl3F3/c1-8(2,3)7(11)5-4-6-9(12,13)10(14,15)16/h4-5,7H,6H2,1-3H3/b5-4-. The van der Waals surface area contributed by atoms with E-state index in [0.717, 1.165) is 0 Å². The van der Waals surface area contributed by atoms with E-state index in [2.05, 4.69) is 0 Å². The summed E-state index contributed by atoms with van der Waals surface area (Å²) in [6, 6.07) is 0. The SMILES string of the molecule is CC(C)(C)C(Cl)/C=C\CC(Cl)(Cl)C(F)(F)F. The Bertz CT molecular complexity index is 251. The maximum Gasteiger partial charge on any atom is 0.421 e. The molecule has 1 atom stereocenters. The fourth-order valence-electron chi connectivity index (χ4n) is 0.740. The molecule has 0 amide bonds. The Kier molecular flexibility index (Phi) is 5.50. The lowest BCUT2D eigenvalue weighted by atomic mass is 9.91. The number of alkyl halides is 6. The monoisotopic (exact) mass is 296 g/mol.